The van der Waals surface area contributed by atoms with Crippen molar-refractivity contribution in [3.63, 3.8) is 0 Å². The molecule has 1 heterocycles. The molecule has 1 aromatic carbocycles. The number of benzene rings is 1. The van der Waals surface area contributed by atoms with Gasteiger partial charge in [-0.2, -0.15) is 0 Å². The van der Waals surface area contributed by atoms with Gasteiger partial charge in [-0.25, -0.2) is 4.79 Å². The SMILES string of the molecule is O=C1C[C@@H](C(=O)N[C@H](C(=O)O)c2ccccc2)CCN1. The van der Waals surface area contributed by atoms with Crippen molar-refractivity contribution in [2.45, 2.75) is 18.9 Å². The number of piperidine rings is 1. The summed E-state index contributed by atoms with van der Waals surface area (Å²) in [5, 5.41) is 14.4. The van der Waals surface area contributed by atoms with Gasteiger partial charge in [-0.05, 0) is 12.0 Å². The van der Waals surface area contributed by atoms with Crippen LogP contribution in [0.3, 0.4) is 0 Å². The van der Waals surface area contributed by atoms with Crippen LogP contribution in [0.25, 0.3) is 0 Å². The summed E-state index contributed by atoms with van der Waals surface area (Å²) >= 11 is 0. The largest absolute Gasteiger partial charge is 0.479 e. The third-order valence-corrected chi connectivity index (χ3v) is 3.28. The summed E-state index contributed by atoms with van der Waals surface area (Å²) in [5.74, 6) is -2.15. The van der Waals surface area contributed by atoms with Crippen molar-refractivity contribution in [1.29, 1.82) is 0 Å². The van der Waals surface area contributed by atoms with E-state index in [1.165, 1.54) is 0 Å². The second-order valence-electron chi connectivity index (χ2n) is 4.73. The van der Waals surface area contributed by atoms with E-state index in [0.29, 0.717) is 18.5 Å². The van der Waals surface area contributed by atoms with E-state index in [9.17, 15) is 19.5 Å². The van der Waals surface area contributed by atoms with Gasteiger partial charge in [0.25, 0.3) is 0 Å². The van der Waals surface area contributed by atoms with Crippen LogP contribution < -0.4 is 10.6 Å². The molecule has 1 aliphatic rings. The average Bonchev–Trinajstić information content (AvgIpc) is 2.45. The number of carbonyl (C=O) groups excluding carboxylic acids is 2. The Balaban J connectivity index is 2.07. The Morgan fingerprint density at radius 2 is 2.00 bits per heavy atom. The molecule has 2 rings (SSSR count). The molecule has 0 saturated carbocycles. The fourth-order valence-electron chi connectivity index (χ4n) is 2.20. The molecule has 3 N–H and O–H groups in total. The number of carboxylic acids is 1. The molecular weight excluding hydrogens is 260 g/mol. The van der Waals surface area contributed by atoms with E-state index >= 15 is 0 Å². The van der Waals surface area contributed by atoms with E-state index in [1.807, 2.05) is 0 Å². The van der Waals surface area contributed by atoms with Crippen molar-refractivity contribution >= 4 is 17.8 Å². The highest BCUT2D eigenvalue weighted by Crippen LogP contribution is 2.17. The maximum absolute atomic E-state index is 12.1. The smallest absolute Gasteiger partial charge is 0.330 e. The van der Waals surface area contributed by atoms with Gasteiger partial charge in [0, 0.05) is 18.9 Å². The van der Waals surface area contributed by atoms with Gasteiger partial charge in [0.2, 0.25) is 11.8 Å². The first-order valence-corrected chi connectivity index (χ1v) is 6.42. The number of rotatable bonds is 4. The summed E-state index contributed by atoms with van der Waals surface area (Å²) in [4.78, 5) is 34.6. The molecule has 6 heteroatoms. The molecule has 1 aromatic rings. The Bertz CT molecular complexity index is 515. The van der Waals surface area contributed by atoms with Crippen LogP contribution in [-0.2, 0) is 14.4 Å². The minimum atomic E-state index is -1.12. The fraction of sp³-hybridized carbons (Fsp3) is 0.357. The molecule has 0 aromatic heterocycles. The first kappa shape index (κ1) is 14.0. The predicted octanol–water partition coefficient (Wildman–Crippen LogP) is 0.455. The molecule has 2 amide bonds. The molecule has 1 saturated heterocycles. The minimum Gasteiger partial charge on any atom is -0.479 e. The lowest BCUT2D eigenvalue weighted by Gasteiger charge is -2.23. The van der Waals surface area contributed by atoms with Crippen LogP contribution in [0, 0.1) is 5.92 Å². The zero-order valence-corrected chi connectivity index (χ0v) is 10.8. The van der Waals surface area contributed by atoms with Crippen molar-refractivity contribution in [2.24, 2.45) is 5.92 Å². The number of amides is 2. The first-order valence-electron chi connectivity index (χ1n) is 6.42. The van der Waals surface area contributed by atoms with E-state index in [1.54, 1.807) is 30.3 Å². The fourth-order valence-corrected chi connectivity index (χ4v) is 2.20. The van der Waals surface area contributed by atoms with Crippen LogP contribution in [0.1, 0.15) is 24.4 Å². The summed E-state index contributed by atoms with van der Waals surface area (Å²) in [7, 11) is 0. The quantitative estimate of drug-likeness (QED) is 0.744. The molecule has 20 heavy (non-hydrogen) atoms. The lowest BCUT2D eigenvalue weighted by Crippen LogP contribution is -2.43. The Morgan fingerprint density at radius 1 is 1.30 bits per heavy atom. The number of carbonyl (C=O) groups is 3. The summed E-state index contributed by atoms with van der Waals surface area (Å²) in [6.45, 7) is 0.444. The highest BCUT2D eigenvalue weighted by Gasteiger charge is 2.29. The van der Waals surface area contributed by atoms with Crippen LogP contribution in [0.2, 0.25) is 0 Å². The average molecular weight is 276 g/mol. The maximum Gasteiger partial charge on any atom is 0.330 e. The third kappa shape index (κ3) is 3.34. The van der Waals surface area contributed by atoms with Gasteiger partial charge in [-0.1, -0.05) is 30.3 Å². The van der Waals surface area contributed by atoms with Gasteiger partial charge in [0.15, 0.2) is 6.04 Å². The number of hydrogen-bond acceptors (Lipinski definition) is 3. The van der Waals surface area contributed by atoms with E-state index < -0.39 is 23.8 Å². The maximum atomic E-state index is 12.1. The lowest BCUT2D eigenvalue weighted by molar-refractivity contribution is -0.143. The van der Waals surface area contributed by atoms with Crippen molar-refractivity contribution in [1.82, 2.24) is 10.6 Å². The van der Waals surface area contributed by atoms with Crippen LogP contribution >= 0.6 is 0 Å². The summed E-state index contributed by atoms with van der Waals surface area (Å²) in [6.07, 6.45) is 0.631. The summed E-state index contributed by atoms with van der Waals surface area (Å²) < 4.78 is 0. The van der Waals surface area contributed by atoms with Gasteiger partial charge in [-0.15, -0.1) is 0 Å². The Hall–Kier alpha value is -2.37. The van der Waals surface area contributed by atoms with Crippen LogP contribution in [0.15, 0.2) is 30.3 Å². The predicted molar refractivity (Wildman–Crippen MR) is 70.7 cm³/mol. The number of nitrogens with one attached hydrogen (secondary N) is 2. The zero-order chi connectivity index (χ0) is 14.5. The second-order valence-corrected chi connectivity index (χ2v) is 4.73. The van der Waals surface area contributed by atoms with Crippen molar-refractivity contribution in [2.75, 3.05) is 6.54 Å². The lowest BCUT2D eigenvalue weighted by atomic mass is 9.95. The van der Waals surface area contributed by atoms with Gasteiger partial charge in [0.05, 0.1) is 0 Å². The molecule has 1 fully saturated rings. The molecule has 0 radical (unpaired) electrons. The van der Waals surface area contributed by atoms with Crippen molar-refractivity contribution in [3.8, 4) is 0 Å². The van der Waals surface area contributed by atoms with Crippen LogP contribution in [0.4, 0.5) is 0 Å². The molecular formula is C14H16N2O4. The molecule has 1 aliphatic heterocycles. The summed E-state index contributed by atoms with van der Waals surface area (Å²) in [6, 6.07) is 7.40. The van der Waals surface area contributed by atoms with E-state index in [2.05, 4.69) is 10.6 Å². The minimum absolute atomic E-state index is 0.104. The molecule has 6 nitrogen and oxygen atoms in total. The molecule has 0 unspecified atom stereocenters. The van der Waals surface area contributed by atoms with Gasteiger partial charge in [-0.3, -0.25) is 9.59 Å². The standard InChI is InChI=1S/C14H16N2O4/c17-11-8-10(6-7-15-11)13(18)16-12(14(19)20)9-4-2-1-3-5-9/h1-5,10,12H,6-8H2,(H,15,17)(H,16,18)(H,19,20)/t10-,12-/m0/s1. The molecule has 0 bridgehead atoms. The van der Waals surface area contributed by atoms with Gasteiger partial charge >= 0.3 is 5.97 Å². The van der Waals surface area contributed by atoms with Gasteiger partial charge < -0.3 is 15.7 Å². The van der Waals surface area contributed by atoms with Crippen molar-refractivity contribution in [3.05, 3.63) is 35.9 Å². The number of hydrogen-bond donors (Lipinski definition) is 3. The van der Waals surface area contributed by atoms with Crippen LogP contribution in [-0.4, -0.2) is 29.4 Å². The summed E-state index contributed by atoms with van der Waals surface area (Å²) in [5.41, 5.74) is 0.508. The monoisotopic (exact) mass is 276 g/mol. The molecule has 0 spiro atoms. The van der Waals surface area contributed by atoms with Crippen molar-refractivity contribution < 1.29 is 19.5 Å². The van der Waals surface area contributed by atoms with E-state index in [-0.39, 0.29) is 12.3 Å². The number of aliphatic carboxylic acids is 1. The van der Waals surface area contributed by atoms with E-state index in [4.69, 9.17) is 0 Å². The Kier molecular flexibility index (Phi) is 4.34. The second kappa shape index (κ2) is 6.18. The molecule has 106 valence electrons. The normalized spacial score (nSPS) is 19.8. The molecule has 2 atom stereocenters. The highest BCUT2D eigenvalue weighted by molar-refractivity contribution is 5.89. The highest BCUT2D eigenvalue weighted by atomic mass is 16.4. The zero-order valence-electron chi connectivity index (χ0n) is 10.8. The topological polar surface area (TPSA) is 95.5 Å². The Morgan fingerprint density at radius 3 is 2.60 bits per heavy atom. The Labute approximate surface area is 116 Å². The van der Waals surface area contributed by atoms with Crippen LogP contribution in [0.5, 0.6) is 0 Å². The van der Waals surface area contributed by atoms with Gasteiger partial charge in [0.1, 0.15) is 0 Å². The third-order valence-electron chi connectivity index (χ3n) is 3.28. The van der Waals surface area contributed by atoms with E-state index in [0.717, 1.165) is 0 Å². The number of carboxylic acid groups (broad SMARTS) is 1. The first-order chi connectivity index (χ1) is 9.58. The molecule has 0 aliphatic carbocycles.